The molecule has 1 aromatic heterocycles. The van der Waals surface area contributed by atoms with Gasteiger partial charge in [0.15, 0.2) is 5.13 Å². The predicted octanol–water partition coefficient (Wildman–Crippen LogP) is 6.74. The van der Waals surface area contributed by atoms with Gasteiger partial charge in [-0.25, -0.2) is 4.98 Å². The van der Waals surface area contributed by atoms with Crippen LogP contribution in [0.3, 0.4) is 0 Å². The number of hydrogen-bond acceptors (Lipinski definition) is 5. The molecule has 0 unspecified atom stereocenters. The summed E-state index contributed by atoms with van der Waals surface area (Å²) in [7, 11) is 0. The van der Waals surface area contributed by atoms with Gasteiger partial charge in [-0.1, -0.05) is 42.3 Å². The molecule has 3 aromatic rings. The van der Waals surface area contributed by atoms with Crippen molar-refractivity contribution in [2.75, 3.05) is 41.3 Å². The molecule has 0 radical (unpaired) electrons. The summed E-state index contributed by atoms with van der Waals surface area (Å²) in [5.74, 6) is -0.204. The van der Waals surface area contributed by atoms with Gasteiger partial charge in [0.2, 0.25) is 0 Å². The van der Waals surface area contributed by atoms with E-state index in [1.165, 1.54) is 23.5 Å². The third kappa shape index (κ3) is 6.27. The average Bonchev–Trinajstić information content (AvgIpc) is 3.28. The van der Waals surface area contributed by atoms with Gasteiger partial charge in [-0.05, 0) is 55.3 Å². The van der Waals surface area contributed by atoms with Crippen molar-refractivity contribution in [3.63, 3.8) is 0 Å². The lowest BCUT2D eigenvalue weighted by molar-refractivity contribution is -0.137. The zero-order valence-electron chi connectivity index (χ0n) is 19.2. The van der Waals surface area contributed by atoms with E-state index < -0.39 is 11.7 Å². The topological polar surface area (TPSA) is 48.5 Å². The highest BCUT2D eigenvalue weighted by atomic mass is 35.5. The van der Waals surface area contributed by atoms with E-state index in [0.717, 1.165) is 29.7 Å². The summed E-state index contributed by atoms with van der Waals surface area (Å²) >= 11 is 7.29. The highest BCUT2D eigenvalue weighted by Crippen LogP contribution is 2.33. The standard InChI is InChI=1S/C25H26ClF3N4OS/c1-2-3-7-21-22(23(34)30-19-10-8-18(26)9-11-19)35-24(31-21)33-14-12-32(13-15-33)20-6-4-5-17(16-20)25(27,28)29/h4-6,8-11,16H,2-3,7,12-15H2,1H3,(H,30,34). The van der Waals surface area contributed by atoms with Crippen molar-refractivity contribution in [3.8, 4) is 0 Å². The van der Waals surface area contributed by atoms with Crippen LogP contribution in [0, 0.1) is 0 Å². The highest BCUT2D eigenvalue weighted by Gasteiger charge is 2.31. The summed E-state index contributed by atoms with van der Waals surface area (Å²) in [4.78, 5) is 22.5. The van der Waals surface area contributed by atoms with E-state index in [4.69, 9.17) is 16.6 Å². The van der Waals surface area contributed by atoms with Crippen LogP contribution in [0.25, 0.3) is 0 Å². The van der Waals surface area contributed by atoms with Crippen molar-refractivity contribution < 1.29 is 18.0 Å². The fraction of sp³-hybridized carbons (Fsp3) is 0.360. The van der Waals surface area contributed by atoms with Gasteiger partial charge < -0.3 is 15.1 Å². The second-order valence-corrected chi connectivity index (χ2v) is 9.77. The van der Waals surface area contributed by atoms with Gasteiger partial charge >= 0.3 is 6.18 Å². The van der Waals surface area contributed by atoms with E-state index in [1.54, 1.807) is 30.3 Å². The highest BCUT2D eigenvalue weighted by molar-refractivity contribution is 7.17. The normalized spacial score (nSPS) is 14.3. The van der Waals surface area contributed by atoms with E-state index >= 15 is 0 Å². The first kappa shape index (κ1) is 25.3. The van der Waals surface area contributed by atoms with Crippen molar-refractivity contribution in [2.45, 2.75) is 32.4 Å². The van der Waals surface area contributed by atoms with Crippen molar-refractivity contribution in [3.05, 3.63) is 69.7 Å². The Balaban J connectivity index is 1.47. The van der Waals surface area contributed by atoms with E-state index in [-0.39, 0.29) is 5.91 Å². The minimum atomic E-state index is -4.36. The Morgan fingerprint density at radius 3 is 2.43 bits per heavy atom. The average molecular weight is 523 g/mol. The number of halogens is 4. The Hall–Kier alpha value is -2.78. The van der Waals surface area contributed by atoms with Gasteiger partial charge in [-0.2, -0.15) is 13.2 Å². The van der Waals surface area contributed by atoms with E-state index in [9.17, 15) is 18.0 Å². The van der Waals surface area contributed by atoms with Crippen LogP contribution >= 0.6 is 22.9 Å². The fourth-order valence-electron chi connectivity index (χ4n) is 3.92. The quantitative estimate of drug-likeness (QED) is 0.373. The third-order valence-corrected chi connectivity index (χ3v) is 7.26. The van der Waals surface area contributed by atoms with Gasteiger partial charge in [0.25, 0.3) is 5.91 Å². The largest absolute Gasteiger partial charge is 0.416 e. The first-order chi connectivity index (χ1) is 16.7. The minimum Gasteiger partial charge on any atom is -0.368 e. The second-order valence-electron chi connectivity index (χ2n) is 8.36. The molecule has 1 aliphatic heterocycles. The van der Waals surface area contributed by atoms with Crippen LogP contribution in [0.1, 0.15) is 40.7 Å². The van der Waals surface area contributed by atoms with Gasteiger partial charge in [0.05, 0.1) is 11.3 Å². The molecule has 10 heteroatoms. The number of aromatic nitrogens is 1. The molecule has 0 saturated carbocycles. The number of piperazine rings is 1. The second kappa shape index (κ2) is 10.9. The van der Waals surface area contributed by atoms with Crippen molar-refractivity contribution in [1.82, 2.24) is 4.98 Å². The van der Waals surface area contributed by atoms with Crippen LogP contribution in [-0.2, 0) is 12.6 Å². The molecule has 186 valence electrons. The van der Waals surface area contributed by atoms with Crippen LogP contribution in [0.5, 0.6) is 0 Å². The summed E-state index contributed by atoms with van der Waals surface area (Å²) in [6.45, 7) is 4.44. The van der Waals surface area contributed by atoms with E-state index in [2.05, 4.69) is 17.1 Å². The molecule has 1 fully saturated rings. The maximum Gasteiger partial charge on any atom is 0.416 e. The molecule has 2 heterocycles. The van der Waals surface area contributed by atoms with Gasteiger partial charge in [0.1, 0.15) is 4.88 Å². The first-order valence-electron chi connectivity index (χ1n) is 11.5. The number of thiazole rings is 1. The summed E-state index contributed by atoms with van der Waals surface area (Å²) in [6.07, 6.45) is -1.74. The van der Waals surface area contributed by atoms with Crippen LogP contribution in [0.4, 0.5) is 29.7 Å². The molecule has 1 saturated heterocycles. The summed E-state index contributed by atoms with van der Waals surface area (Å²) in [6, 6.07) is 12.4. The van der Waals surface area contributed by atoms with E-state index in [1.807, 2.05) is 4.90 Å². The number of carbonyl (C=O) groups excluding carboxylic acids is 1. The molecule has 35 heavy (non-hydrogen) atoms. The van der Waals surface area contributed by atoms with Crippen molar-refractivity contribution in [2.24, 2.45) is 0 Å². The molecule has 0 bridgehead atoms. The molecule has 1 N–H and O–H groups in total. The van der Waals surface area contributed by atoms with Crippen LogP contribution in [0.2, 0.25) is 5.02 Å². The number of carbonyl (C=O) groups is 1. The number of nitrogens with one attached hydrogen (secondary N) is 1. The van der Waals surface area contributed by atoms with Gasteiger partial charge in [0, 0.05) is 42.6 Å². The molecule has 1 aliphatic rings. The zero-order chi connectivity index (χ0) is 25.0. The molecular formula is C25H26ClF3N4OS. The van der Waals surface area contributed by atoms with E-state index in [0.29, 0.717) is 53.9 Å². The Morgan fingerprint density at radius 2 is 1.77 bits per heavy atom. The van der Waals surface area contributed by atoms with Gasteiger partial charge in [-0.15, -0.1) is 0 Å². The lowest BCUT2D eigenvalue weighted by atomic mass is 10.1. The number of nitrogens with zero attached hydrogens (tertiary/aromatic N) is 3. The van der Waals surface area contributed by atoms with Crippen LogP contribution in [-0.4, -0.2) is 37.1 Å². The van der Waals surface area contributed by atoms with Crippen LogP contribution in [0.15, 0.2) is 48.5 Å². The SMILES string of the molecule is CCCCc1nc(N2CCN(c3cccc(C(F)(F)F)c3)CC2)sc1C(=O)Nc1ccc(Cl)cc1. The first-order valence-corrected chi connectivity index (χ1v) is 12.7. The molecule has 4 rings (SSSR count). The molecule has 0 atom stereocenters. The fourth-order valence-corrected chi connectivity index (χ4v) is 5.11. The number of aryl methyl sites for hydroxylation is 1. The maximum absolute atomic E-state index is 13.1. The number of anilines is 3. The molecular weight excluding hydrogens is 497 g/mol. The zero-order valence-corrected chi connectivity index (χ0v) is 20.8. The Bertz CT molecular complexity index is 1160. The summed E-state index contributed by atoms with van der Waals surface area (Å²) < 4.78 is 39.3. The third-order valence-electron chi connectivity index (χ3n) is 5.85. The summed E-state index contributed by atoms with van der Waals surface area (Å²) in [5.41, 5.74) is 1.35. The maximum atomic E-state index is 13.1. The number of hydrogen-bond donors (Lipinski definition) is 1. The number of unbranched alkanes of at least 4 members (excludes halogenated alkanes) is 1. The number of alkyl halides is 3. The Kier molecular flexibility index (Phi) is 7.86. The lowest BCUT2D eigenvalue weighted by Gasteiger charge is -2.36. The van der Waals surface area contributed by atoms with Crippen molar-refractivity contribution >= 4 is 45.4 Å². The lowest BCUT2D eigenvalue weighted by Crippen LogP contribution is -2.46. The number of rotatable bonds is 7. The molecule has 2 aromatic carbocycles. The molecule has 1 amide bonds. The van der Waals surface area contributed by atoms with Crippen molar-refractivity contribution in [1.29, 1.82) is 0 Å². The molecule has 0 aliphatic carbocycles. The Labute approximate surface area is 211 Å². The smallest absolute Gasteiger partial charge is 0.368 e. The number of benzene rings is 2. The molecule has 0 spiro atoms. The monoisotopic (exact) mass is 522 g/mol. The van der Waals surface area contributed by atoms with Gasteiger partial charge in [-0.3, -0.25) is 4.79 Å². The minimum absolute atomic E-state index is 0.204. The summed E-state index contributed by atoms with van der Waals surface area (Å²) in [5, 5.41) is 4.28. The number of amides is 1. The predicted molar refractivity (Wildman–Crippen MR) is 136 cm³/mol. The molecule has 5 nitrogen and oxygen atoms in total. The Morgan fingerprint density at radius 1 is 1.09 bits per heavy atom. The van der Waals surface area contributed by atoms with Crippen LogP contribution < -0.4 is 15.1 Å².